The lowest BCUT2D eigenvalue weighted by atomic mass is 10.2. The molecule has 0 saturated carbocycles. The molecule has 0 spiro atoms. The van der Waals surface area contributed by atoms with Gasteiger partial charge in [0.2, 0.25) is 0 Å². The molecule has 0 unspecified atom stereocenters. The Morgan fingerprint density at radius 1 is 1.06 bits per heavy atom. The lowest BCUT2D eigenvalue weighted by Gasteiger charge is -2.06. The number of halogens is 3. The van der Waals surface area contributed by atoms with Crippen LogP contribution in [0.4, 0.5) is 10.1 Å². The molecule has 0 aliphatic rings. The van der Waals surface area contributed by atoms with E-state index in [1.807, 2.05) is 24.3 Å². The van der Waals surface area contributed by atoms with E-state index in [-0.39, 0.29) is 5.82 Å². The van der Waals surface area contributed by atoms with Crippen molar-refractivity contribution in [1.29, 1.82) is 0 Å². The summed E-state index contributed by atoms with van der Waals surface area (Å²) < 4.78 is 14.9. The lowest BCUT2D eigenvalue weighted by molar-refractivity contribution is 0.625. The summed E-state index contributed by atoms with van der Waals surface area (Å²) >= 11 is 8.24. The average molecular weight is 391 g/mol. The number of nitrogen functional groups attached to an aromatic ring is 1. The van der Waals surface area contributed by atoms with Gasteiger partial charge in [-0.1, -0.05) is 31.9 Å². The molecule has 5 heteroatoms. The van der Waals surface area contributed by atoms with Crippen molar-refractivity contribution in [2.75, 3.05) is 5.73 Å². The van der Waals surface area contributed by atoms with Crippen molar-refractivity contribution in [3.05, 3.63) is 56.7 Å². The molecule has 0 aliphatic heterocycles. The summed E-state index contributed by atoms with van der Waals surface area (Å²) in [7, 11) is 0. The molecule has 94 valence electrons. The zero-order valence-electron chi connectivity index (χ0n) is 9.29. The Morgan fingerprint density at radius 3 is 2.50 bits per heavy atom. The van der Waals surface area contributed by atoms with Gasteiger partial charge in [0.25, 0.3) is 0 Å². The largest absolute Gasteiger partial charge is 0.398 e. The molecule has 0 aliphatic carbocycles. The maximum Gasteiger partial charge on any atom is 0.124 e. The van der Waals surface area contributed by atoms with E-state index in [1.165, 1.54) is 12.1 Å². The molecule has 0 saturated heterocycles. The van der Waals surface area contributed by atoms with Crippen LogP contribution in [0.25, 0.3) is 0 Å². The first-order valence-corrected chi connectivity index (χ1v) is 7.74. The van der Waals surface area contributed by atoms with Gasteiger partial charge in [-0.2, -0.15) is 0 Å². The average Bonchev–Trinajstić information content (AvgIpc) is 2.26. The monoisotopic (exact) mass is 389 g/mol. The van der Waals surface area contributed by atoms with Crippen LogP contribution in [-0.4, -0.2) is 0 Å². The number of hydrogen-bond acceptors (Lipinski definition) is 2. The van der Waals surface area contributed by atoms with Gasteiger partial charge in [0, 0.05) is 25.3 Å². The number of nitrogens with two attached hydrogens (primary N) is 1. The van der Waals surface area contributed by atoms with E-state index in [2.05, 4.69) is 31.9 Å². The predicted octanol–water partition coefficient (Wildman–Crippen LogP) is 5.23. The van der Waals surface area contributed by atoms with Crippen LogP contribution in [0.2, 0.25) is 0 Å². The van der Waals surface area contributed by atoms with Crippen molar-refractivity contribution in [3.8, 4) is 0 Å². The summed E-state index contributed by atoms with van der Waals surface area (Å²) in [5, 5.41) is 0. The van der Waals surface area contributed by atoms with Gasteiger partial charge in [0.15, 0.2) is 0 Å². The Hall–Kier alpha value is -0.520. The van der Waals surface area contributed by atoms with Crippen molar-refractivity contribution in [3.63, 3.8) is 0 Å². The van der Waals surface area contributed by atoms with Gasteiger partial charge in [-0.25, -0.2) is 4.39 Å². The highest BCUT2D eigenvalue weighted by molar-refractivity contribution is 9.10. The number of thioether (sulfide) groups is 1. The fraction of sp³-hybridized carbons (Fsp3) is 0.0769. The SMILES string of the molecule is Nc1cc(Br)ccc1SCc1cc(F)cc(Br)c1. The van der Waals surface area contributed by atoms with Gasteiger partial charge >= 0.3 is 0 Å². The second-order valence-corrected chi connectivity index (χ2v) is 6.60. The summed E-state index contributed by atoms with van der Waals surface area (Å²) in [6.45, 7) is 0. The third-order valence-electron chi connectivity index (χ3n) is 2.29. The van der Waals surface area contributed by atoms with Gasteiger partial charge in [0.1, 0.15) is 5.82 Å². The van der Waals surface area contributed by atoms with E-state index in [1.54, 1.807) is 11.8 Å². The summed E-state index contributed by atoms with van der Waals surface area (Å²) in [6, 6.07) is 10.7. The van der Waals surface area contributed by atoms with Gasteiger partial charge in [0.05, 0.1) is 0 Å². The Labute approximate surface area is 126 Å². The molecule has 0 radical (unpaired) electrons. The summed E-state index contributed by atoms with van der Waals surface area (Å²) in [5.41, 5.74) is 7.56. The first-order chi connectivity index (χ1) is 8.54. The maximum atomic E-state index is 13.2. The van der Waals surface area contributed by atoms with Crippen molar-refractivity contribution in [2.45, 2.75) is 10.6 Å². The molecule has 0 amide bonds. The molecule has 2 aromatic rings. The summed E-state index contributed by atoms with van der Waals surface area (Å²) in [4.78, 5) is 0.999. The van der Waals surface area contributed by atoms with Gasteiger partial charge in [-0.3, -0.25) is 0 Å². The van der Waals surface area contributed by atoms with E-state index in [0.717, 1.165) is 25.1 Å². The van der Waals surface area contributed by atoms with Crippen molar-refractivity contribution in [1.82, 2.24) is 0 Å². The van der Waals surface area contributed by atoms with Gasteiger partial charge < -0.3 is 5.73 Å². The highest BCUT2D eigenvalue weighted by Crippen LogP contribution is 2.31. The Bertz CT molecular complexity index is 555. The number of benzene rings is 2. The summed E-state index contributed by atoms with van der Waals surface area (Å²) in [5.74, 6) is 0.450. The third kappa shape index (κ3) is 3.73. The van der Waals surface area contributed by atoms with Gasteiger partial charge in [-0.15, -0.1) is 11.8 Å². The van der Waals surface area contributed by atoms with Crippen LogP contribution in [-0.2, 0) is 5.75 Å². The fourth-order valence-electron chi connectivity index (χ4n) is 1.51. The Kier molecular flexibility index (Phi) is 4.70. The molecule has 0 heterocycles. The molecule has 2 rings (SSSR count). The fourth-order valence-corrected chi connectivity index (χ4v) is 3.28. The number of rotatable bonds is 3. The van der Waals surface area contributed by atoms with E-state index in [9.17, 15) is 4.39 Å². The molecule has 0 atom stereocenters. The molecule has 0 bridgehead atoms. The van der Waals surface area contributed by atoms with Crippen molar-refractivity contribution < 1.29 is 4.39 Å². The smallest absolute Gasteiger partial charge is 0.124 e. The zero-order chi connectivity index (χ0) is 13.1. The van der Waals surface area contributed by atoms with Crippen LogP contribution >= 0.6 is 43.6 Å². The Morgan fingerprint density at radius 2 is 1.83 bits per heavy atom. The lowest BCUT2D eigenvalue weighted by Crippen LogP contribution is -1.89. The molecule has 18 heavy (non-hydrogen) atoms. The van der Waals surface area contributed by atoms with E-state index in [0.29, 0.717) is 5.75 Å². The highest BCUT2D eigenvalue weighted by Gasteiger charge is 2.03. The molecule has 0 fully saturated rings. The van der Waals surface area contributed by atoms with E-state index >= 15 is 0 Å². The van der Waals surface area contributed by atoms with Crippen LogP contribution in [0.5, 0.6) is 0 Å². The molecule has 2 N–H and O–H groups in total. The van der Waals surface area contributed by atoms with Crippen LogP contribution in [0.15, 0.2) is 50.2 Å². The predicted molar refractivity (Wildman–Crippen MR) is 82.2 cm³/mol. The third-order valence-corrected chi connectivity index (χ3v) is 4.40. The second kappa shape index (κ2) is 6.08. The normalized spacial score (nSPS) is 10.6. The van der Waals surface area contributed by atoms with Crippen LogP contribution in [0.1, 0.15) is 5.56 Å². The molecular weight excluding hydrogens is 381 g/mol. The van der Waals surface area contributed by atoms with Crippen LogP contribution in [0, 0.1) is 5.82 Å². The van der Waals surface area contributed by atoms with Crippen LogP contribution < -0.4 is 5.73 Å². The zero-order valence-corrected chi connectivity index (χ0v) is 13.3. The maximum absolute atomic E-state index is 13.2. The number of hydrogen-bond donors (Lipinski definition) is 1. The van der Waals surface area contributed by atoms with Crippen LogP contribution in [0.3, 0.4) is 0 Å². The Balaban J connectivity index is 2.11. The standard InChI is InChI=1S/C13H10Br2FNS/c14-9-1-2-13(12(17)6-9)18-7-8-3-10(15)5-11(16)4-8/h1-6H,7,17H2. The summed E-state index contributed by atoms with van der Waals surface area (Å²) in [6.07, 6.45) is 0. The molecular formula is C13H10Br2FNS. The van der Waals surface area contributed by atoms with Gasteiger partial charge in [-0.05, 0) is 42.0 Å². The van der Waals surface area contributed by atoms with E-state index < -0.39 is 0 Å². The molecule has 0 aromatic heterocycles. The number of anilines is 1. The highest BCUT2D eigenvalue weighted by atomic mass is 79.9. The van der Waals surface area contributed by atoms with E-state index in [4.69, 9.17) is 5.73 Å². The second-order valence-electron chi connectivity index (χ2n) is 3.75. The first kappa shape index (κ1) is 13.9. The first-order valence-electron chi connectivity index (χ1n) is 5.17. The topological polar surface area (TPSA) is 26.0 Å². The minimum Gasteiger partial charge on any atom is -0.398 e. The minimum atomic E-state index is -0.233. The molecule has 2 aromatic carbocycles. The van der Waals surface area contributed by atoms with Crippen molar-refractivity contribution >= 4 is 49.3 Å². The minimum absolute atomic E-state index is 0.233. The quantitative estimate of drug-likeness (QED) is 0.573. The molecule has 1 nitrogen and oxygen atoms in total. The van der Waals surface area contributed by atoms with Crippen molar-refractivity contribution in [2.24, 2.45) is 0 Å².